The van der Waals surface area contributed by atoms with Crippen LogP contribution in [0, 0.1) is 0 Å². The number of allylic oxidation sites excluding steroid dienone is 8. The first-order valence-corrected chi connectivity index (χ1v) is 23.7. The largest absolute Gasteiger partial charge is 0.462 e. The van der Waals surface area contributed by atoms with Crippen LogP contribution in [0.2, 0.25) is 0 Å². The highest BCUT2D eigenvalue weighted by atomic mass is 16.7. The molecule has 0 aromatic rings. The van der Waals surface area contributed by atoms with E-state index in [9.17, 15) is 45.3 Å². The lowest BCUT2D eigenvalue weighted by atomic mass is 9.98. The van der Waals surface area contributed by atoms with Crippen molar-refractivity contribution < 1.29 is 73.8 Å². The summed E-state index contributed by atoms with van der Waals surface area (Å²) in [4.78, 5) is 25.6. The van der Waals surface area contributed by atoms with E-state index in [0.29, 0.717) is 12.8 Å². The molecule has 2 rings (SSSR count). The Hall–Kier alpha value is -2.54. The second-order valence-electron chi connectivity index (χ2n) is 16.6. The molecule has 0 aromatic carbocycles. The molecule has 0 bridgehead atoms. The summed E-state index contributed by atoms with van der Waals surface area (Å²) in [7, 11) is 0. The van der Waals surface area contributed by atoms with E-state index in [1.165, 1.54) is 12.8 Å². The van der Waals surface area contributed by atoms with E-state index in [4.69, 9.17) is 28.4 Å². The van der Waals surface area contributed by atoms with E-state index >= 15 is 0 Å². The molecule has 364 valence electrons. The lowest BCUT2D eigenvalue weighted by molar-refractivity contribution is -0.332. The van der Waals surface area contributed by atoms with Crippen LogP contribution in [0.25, 0.3) is 0 Å². The van der Waals surface area contributed by atoms with E-state index in [-0.39, 0.29) is 19.4 Å². The normalized spacial score (nSPS) is 27.3. The minimum Gasteiger partial charge on any atom is -0.462 e. The molecule has 63 heavy (non-hydrogen) atoms. The van der Waals surface area contributed by atoms with Gasteiger partial charge in [0.2, 0.25) is 0 Å². The predicted molar refractivity (Wildman–Crippen MR) is 238 cm³/mol. The summed E-state index contributed by atoms with van der Waals surface area (Å²) in [5.41, 5.74) is 0. The van der Waals surface area contributed by atoms with E-state index in [1.54, 1.807) is 0 Å². The number of aliphatic hydroxyl groups is 7. The van der Waals surface area contributed by atoms with Gasteiger partial charge in [0.1, 0.15) is 55.4 Å². The molecule has 2 saturated heterocycles. The molecular formula is C48H82O15. The molecule has 2 aliphatic rings. The van der Waals surface area contributed by atoms with Crippen molar-refractivity contribution in [3.63, 3.8) is 0 Å². The maximum Gasteiger partial charge on any atom is 0.306 e. The van der Waals surface area contributed by atoms with E-state index in [1.807, 2.05) is 0 Å². The number of carbonyl (C=O) groups excluding carboxylic acids is 2. The number of ether oxygens (including phenoxy) is 6. The third-order valence-corrected chi connectivity index (χ3v) is 11.0. The van der Waals surface area contributed by atoms with Crippen molar-refractivity contribution in [1.82, 2.24) is 0 Å². The number of aliphatic hydroxyl groups excluding tert-OH is 7. The minimum absolute atomic E-state index is 0.144. The van der Waals surface area contributed by atoms with Crippen LogP contribution in [0.15, 0.2) is 48.6 Å². The van der Waals surface area contributed by atoms with Crippen LogP contribution in [-0.2, 0) is 38.0 Å². The standard InChI is InChI=1S/C48H82O15/c1-3-5-7-9-11-13-15-17-19-21-23-25-27-29-31-40(51)61-36(33-58-39(50)30-28-26-24-22-20-18-16-14-12-10-8-6-4-2)34-59-47-46(57)44(55)42(53)38(63-47)35-60-48-45(56)43(54)41(52)37(32-49)62-48/h8-11,14-17,36-38,41-49,52-57H,3-7,12-13,18-35H2,1-2H3/b10-8-,11-9-,16-14-,17-15-. The van der Waals surface area contributed by atoms with Gasteiger partial charge in [0, 0.05) is 12.8 Å². The Kier molecular flexibility index (Phi) is 32.1. The molecular weight excluding hydrogens is 817 g/mol. The van der Waals surface area contributed by atoms with Crippen molar-refractivity contribution in [2.24, 2.45) is 0 Å². The molecule has 0 radical (unpaired) electrons. The summed E-state index contributed by atoms with van der Waals surface area (Å²) in [5, 5.41) is 71.9. The minimum atomic E-state index is -1.77. The number of hydrogen-bond acceptors (Lipinski definition) is 15. The fourth-order valence-electron chi connectivity index (χ4n) is 7.03. The van der Waals surface area contributed by atoms with Crippen LogP contribution in [0.4, 0.5) is 0 Å². The lowest BCUT2D eigenvalue weighted by Gasteiger charge is -2.42. The quantitative estimate of drug-likeness (QED) is 0.0235. The van der Waals surface area contributed by atoms with E-state index in [0.717, 1.165) is 96.3 Å². The average molecular weight is 899 g/mol. The van der Waals surface area contributed by atoms with Gasteiger partial charge in [-0.25, -0.2) is 0 Å². The van der Waals surface area contributed by atoms with Gasteiger partial charge < -0.3 is 64.2 Å². The third-order valence-electron chi connectivity index (χ3n) is 11.0. The fourth-order valence-corrected chi connectivity index (χ4v) is 7.03. The van der Waals surface area contributed by atoms with Gasteiger partial charge in [-0.3, -0.25) is 9.59 Å². The zero-order valence-electron chi connectivity index (χ0n) is 38.0. The molecule has 15 heteroatoms. The average Bonchev–Trinajstić information content (AvgIpc) is 3.28. The number of unbranched alkanes of at least 4 members (excludes halogenated alkanes) is 13. The zero-order valence-corrected chi connectivity index (χ0v) is 38.0. The molecule has 11 atom stereocenters. The Balaban J connectivity index is 1.86. The number of hydrogen-bond donors (Lipinski definition) is 7. The second-order valence-corrected chi connectivity index (χ2v) is 16.6. The zero-order chi connectivity index (χ0) is 46.1. The van der Waals surface area contributed by atoms with Gasteiger partial charge >= 0.3 is 11.9 Å². The van der Waals surface area contributed by atoms with Gasteiger partial charge in [-0.15, -0.1) is 0 Å². The summed E-state index contributed by atoms with van der Waals surface area (Å²) < 4.78 is 33.5. The fraction of sp³-hybridized carbons (Fsp3) is 0.792. The molecule has 11 unspecified atom stereocenters. The SMILES string of the molecule is CCC/C=C\C/C=C\CCCCCCCC(=O)OCC(COC1OC(COC2OC(CO)C(O)C(O)C2O)C(O)C(O)C1O)OC(=O)CCCCCCC/C=C\C/C=C\CCCC. The maximum atomic E-state index is 12.9. The summed E-state index contributed by atoms with van der Waals surface area (Å²) in [6.07, 6.45) is 20.0. The monoisotopic (exact) mass is 899 g/mol. The maximum absolute atomic E-state index is 12.9. The van der Waals surface area contributed by atoms with Crippen LogP contribution in [0.5, 0.6) is 0 Å². The van der Waals surface area contributed by atoms with Crippen LogP contribution in [-0.4, -0.2) is 142 Å². The first-order chi connectivity index (χ1) is 30.5. The van der Waals surface area contributed by atoms with Gasteiger partial charge in [0.05, 0.1) is 19.8 Å². The van der Waals surface area contributed by atoms with Crippen molar-refractivity contribution in [3.8, 4) is 0 Å². The topological polar surface area (TPSA) is 231 Å². The van der Waals surface area contributed by atoms with Crippen molar-refractivity contribution in [2.45, 2.75) is 216 Å². The van der Waals surface area contributed by atoms with Gasteiger partial charge in [0.25, 0.3) is 0 Å². The van der Waals surface area contributed by atoms with Crippen LogP contribution >= 0.6 is 0 Å². The molecule has 2 fully saturated rings. The molecule has 0 saturated carbocycles. The lowest BCUT2D eigenvalue weighted by Crippen LogP contribution is -2.61. The molecule has 0 spiro atoms. The Morgan fingerprint density at radius 3 is 1.54 bits per heavy atom. The Labute approximate surface area is 376 Å². The summed E-state index contributed by atoms with van der Waals surface area (Å²) in [6.45, 7) is 2.43. The number of rotatable bonds is 35. The van der Waals surface area contributed by atoms with Crippen molar-refractivity contribution in [3.05, 3.63) is 48.6 Å². The van der Waals surface area contributed by atoms with Crippen LogP contribution < -0.4 is 0 Å². The summed E-state index contributed by atoms with van der Waals surface area (Å²) in [6, 6.07) is 0. The molecule has 0 amide bonds. The van der Waals surface area contributed by atoms with Gasteiger partial charge in [-0.2, -0.15) is 0 Å². The highest BCUT2D eigenvalue weighted by molar-refractivity contribution is 5.70. The second kappa shape index (κ2) is 35.7. The van der Waals surface area contributed by atoms with Crippen molar-refractivity contribution >= 4 is 11.9 Å². The van der Waals surface area contributed by atoms with Gasteiger partial charge in [0.15, 0.2) is 18.7 Å². The Bertz CT molecular complexity index is 1290. The number of carbonyl (C=O) groups is 2. The van der Waals surface area contributed by atoms with E-state index < -0.39 is 99.3 Å². The molecule has 0 aliphatic carbocycles. The van der Waals surface area contributed by atoms with Crippen LogP contribution in [0.3, 0.4) is 0 Å². The van der Waals surface area contributed by atoms with Crippen molar-refractivity contribution in [2.75, 3.05) is 26.4 Å². The first-order valence-electron chi connectivity index (χ1n) is 23.7. The smallest absolute Gasteiger partial charge is 0.306 e. The predicted octanol–water partition coefficient (Wildman–Crippen LogP) is 5.54. The first kappa shape index (κ1) is 56.6. The van der Waals surface area contributed by atoms with Gasteiger partial charge in [-0.1, -0.05) is 120 Å². The van der Waals surface area contributed by atoms with Crippen molar-refractivity contribution in [1.29, 1.82) is 0 Å². The molecule has 0 aromatic heterocycles. The summed E-state index contributed by atoms with van der Waals surface area (Å²) in [5.74, 6) is -0.963. The molecule has 2 heterocycles. The molecule has 7 N–H and O–H groups in total. The van der Waals surface area contributed by atoms with E-state index in [2.05, 4.69) is 62.5 Å². The highest BCUT2D eigenvalue weighted by Gasteiger charge is 2.47. The number of esters is 2. The summed E-state index contributed by atoms with van der Waals surface area (Å²) >= 11 is 0. The molecule has 2 aliphatic heterocycles. The Morgan fingerprint density at radius 2 is 0.984 bits per heavy atom. The molecule has 15 nitrogen and oxygen atoms in total. The highest BCUT2D eigenvalue weighted by Crippen LogP contribution is 2.26. The Morgan fingerprint density at radius 1 is 0.508 bits per heavy atom. The third kappa shape index (κ3) is 24.5. The van der Waals surface area contributed by atoms with Crippen LogP contribution in [0.1, 0.15) is 149 Å². The van der Waals surface area contributed by atoms with Gasteiger partial charge in [-0.05, 0) is 64.2 Å².